The molecule has 3 aromatic heterocycles. The van der Waals surface area contributed by atoms with Gasteiger partial charge in [0.05, 0.1) is 11.4 Å². The number of amides is 1. The van der Waals surface area contributed by atoms with Gasteiger partial charge in [0, 0.05) is 44.7 Å². The Hall–Kier alpha value is -3.62. The topological polar surface area (TPSA) is 112 Å². The number of carbonyl (C=O) groups is 1. The fraction of sp³-hybridized carbons (Fsp3) is 0.130. The highest BCUT2D eigenvalue weighted by Crippen LogP contribution is 2.36. The number of aromatic amines is 1. The van der Waals surface area contributed by atoms with Crippen molar-refractivity contribution in [3.63, 3.8) is 0 Å². The van der Waals surface area contributed by atoms with Crippen LogP contribution in [0.4, 0.5) is 0 Å². The second kappa shape index (κ2) is 7.57. The largest absolute Gasteiger partial charge is 0.364 e. The highest BCUT2D eigenvalue weighted by atomic mass is 32.1. The molecule has 0 spiro atoms. The molecule has 0 atom stereocenters. The van der Waals surface area contributed by atoms with E-state index in [4.69, 9.17) is 11.5 Å². The fourth-order valence-corrected chi connectivity index (χ4v) is 5.05. The molecule has 7 nitrogen and oxygen atoms in total. The molecule has 0 unspecified atom stereocenters. The van der Waals surface area contributed by atoms with E-state index in [0.29, 0.717) is 12.2 Å². The number of rotatable bonds is 6. The van der Waals surface area contributed by atoms with Crippen LogP contribution in [0.1, 0.15) is 16.9 Å². The summed E-state index contributed by atoms with van der Waals surface area (Å²) >= 11 is 1.55. The van der Waals surface area contributed by atoms with E-state index in [1.54, 1.807) is 15.9 Å². The minimum atomic E-state index is -0.677. The van der Waals surface area contributed by atoms with Gasteiger partial charge in [0.15, 0.2) is 0 Å². The van der Waals surface area contributed by atoms with Crippen LogP contribution in [0, 0.1) is 0 Å². The number of nitrogens with zero attached hydrogens (tertiary/aromatic N) is 2. The van der Waals surface area contributed by atoms with E-state index in [1.807, 2.05) is 60.1 Å². The zero-order valence-corrected chi connectivity index (χ0v) is 17.5. The first-order valence-corrected chi connectivity index (χ1v) is 10.9. The molecule has 0 saturated heterocycles. The molecule has 0 saturated carbocycles. The van der Waals surface area contributed by atoms with Gasteiger partial charge in [-0.3, -0.25) is 9.36 Å². The van der Waals surface area contributed by atoms with Crippen LogP contribution in [0.25, 0.3) is 37.9 Å². The molecular formula is C23H21N5O2S. The van der Waals surface area contributed by atoms with Crippen molar-refractivity contribution in [3.05, 3.63) is 76.3 Å². The Morgan fingerprint density at radius 3 is 2.58 bits per heavy atom. The Balaban J connectivity index is 1.85. The number of benzene rings is 2. The molecule has 5 N–H and O–H groups in total. The molecule has 1 amide bonds. The number of hydrogen-bond donors (Lipinski definition) is 3. The lowest BCUT2D eigenvalue weighted by molar-refractivity contribution is 0.0996. The maximum atomic E-state index is 13.1. The van der Waals surface area contributed by atoms with Crippen molar-refractivity contribution < 1.29 is 4.79 Å². The summed E-state index contributed by atoms with van der Waals surface area (Å²) in [6.45, 7) is 1.31. The number of imidazole rings is 1. The second-order valence-corrected chi connectivity index (χ2v) is 8.28. The number of aromatic nitrogens is 3. The number of carbonyl (C=O) groups excluding carboxylic acids is 1. The average Bonchev–Trinajstić information content (AvgIpc) is 3.45. The summed E-state index contributed by atoms with van der Waals surface area (Å²) in [6, 6.07) is 15.8. The molecule has 0 radical (unpaired) electrons. The molecule has 156 valence electrons. The third-order valence-corrected chi connectivity index (χ3v) is 6.44. The van der Waals surface area contributed by atoms with Crippen LogP contribution < -0.4 is 17.2 Å². The van der Waals surface area contributed by atoms with Gasteiger partial charge in [-0.15, -0.1) is 11.3 Å². The van der Waals surface area contributed by atoms with Crippen molar-refractivity contribution in [2.45, 2.75) is 13.0 Å². The number of nitrogens with one attached hydrogen (secondary N) is 1. The SMILES string of the molecule is NCCCn1cc(-c2c(C(N)=O)[nH]c(=O)n2-c2csc3ccccc23)c2ccccc21. The molecule has 0 aliphatic heterocycles. The van der Waals surface area contributed by atoms with Crippen LogP contribution in [-0.2, 0) is 6.54 Å². The van der Waals surface area contributed by atoms with Crippen LogP contribution in [0.15, 0.2) is 64.9 Å². The van der Waals surface area contributed by atoms with E-state index >= 15 is 0 Å². The van der Waals surface area contributed by atoms with Gasteiger partial charge in [0.1, 0.15) is 5.69 Å². The van der Waals surface area contributed by atoms with Gasteiger partial charge >= 0.3 is 5.69 Å². The highest BCUT2D eigenvalue weighted by molar-refractivity contribution is 7.17. The van der Waals surface area contributed by atoms with Crippen LogP contribution in [0.5, 0.6) is 0 Å². The van der Waals surface area contributed by atoms with Crippen molar-refractivity contribution in [3.8, 4) is 16.9 Å². The second-order valence-electron chi connectivity index (χ2n) is 7.37. The average molecular weight is 432 g/mol. The van der Waals surface area contributed by atoms with E-state index in [2.05, 4.69) is 9.55 Å². The Kier molecular flexibility index (Phi) is 4.72. The smallest absolute Gasteiger partial charge is 0.331 e. The number of hydrogen-bond acceptors (Lipinski definition) is 4. The van der Waals surface area contributed by atoms with Crippen molar-refractivity contribution in [1.29, 1.82) is 0 Å². The van der Waals surface area contributed by atoms with Gasteiger partial charge in [-0.2, -0.15) is 0 Å². The summed E-state index contributed by atoms with van der Waals surface area (Å²) in [5.41, 5.74) is 14.1. The van der Waals surface area contributed by atoms with Crippen molar-refractivity contribution in [2.24, 2.45) is 11.5 Å². The van der Waals surface area contributed by atoms with Gasteiger partial charge in [0.2, 0.25) is 0 Å². The highest BCUT2D eigenvalue weighted by Gasteiger charge is 2.25. The number of para-hydroxylation sites is 1. The molecule has 2 aromatic carbocycles. The Labute approximate surface area is 181 Å². The molecule has 8 heteroatoms. The first kappa shape index (κ1) is 19.3. The maximum Gasteiger partial charge on any atom is 0.331 e. The predicted octanol–water partition coefficient (Wildman–Crippen LogP) is 3.45. The van der Waals surface area contributed by atoms with Gasteiger partial charge < -0.3 is 21.0 Å². The fourth-order valence-electron chi connectivity index (χ4n) is 4.12. The molecule has 5 rings (SSSR count). The van der Waals surface area contributed by atoms with E-state index in [9.17, 15) is 9.59 Å². The summed E-state index contributed by atoms with van der Waals surface area (Å²) in [5.74, 6) is -0.677. The normalized spacial score (nSPS) is 11.5. The number of fused-ring (bicyclic) bond motifs is 2. The lowest BCUT2D eigenvalue weighted by Gasteiger charge is -2.08. The van der Waals surface area contributed by atoms with E-state index in [0.717, 1.165) is 45.2 Å². The van der Waals surface area contributed by atoms with Crippen LogP contribution in [0.2, 0.25) is 0 Å². The van der Waals surface area contributed by atoms with Crippen molar-refractivity contribution in [2.75, 3.05) is 6.54 Å². The third kappa shape index (κ3) is 3.08. The predicted molar refractivity (Wildman–Crippen MR) is 125 cm³/mol. The zero-order valence-electron chi connectivity index (χ0n) is 16.7. The molecule has 5 aromatic rings. The lowest BCUT2D eigenvalue weighted by Crippen LogP contribution is -2.15. The Morgan fingerprint density at radius 1 is 1.06 bits per heavy atom. The summed E-state index contributed by atoms with van der Waals surface area (Å²) < 4.78 is 4.73. The van der Waals surface area contributed by atoms with Gasteiger partial charge in [0.25, 0.3) is 5.91 Å². The van der Waals surface area contributed by atoms with Crippen LogP contribution in [0.3, 0.4) is 0 Å². The van der Waals surface area contributed by atoms with E-state index in [1.165, 1.54) is 0 Å². The van der Waals surface area contributed by atoms with E-state index < -0.39 is 11.6 Å². The Morgan fingerprint density at radius 2 is 1.81 bits per heavy atom. The monoisotopic (exact) mass is 431 g/mol. The minimum Gasteiger partial charge on any atom is -0.364 e. The molecule has 0 aliphatic rings. The summed E-state index contributed by atoms with van der Waals surface area (Å²) in [6.07, 6.45) is 2.79. The van der Waals surface area contributed by atoms with Crippen molar-refractivity contribution in [1.82, 2.24) is 14.1 Å². The molecule has 0 bridgehead atoms. The number of aryl methyl sites for hydroxylation is 1. The summed E-state index contributed by atoms with van der Waals surface area (Å²) in [5, 5.41) is 3.81. The van der Waals surface area contributed by atoms with Crippen LogP contribution in [-0.4, -0.2) is 26.6 Å². The zero-order chi connectivity index (χ0) is 21.5. The quantitative estimate of drug-likeness (QED) is 0.383. The first-order chi connectivity index (χ1) is 15.1. The summed E-state index contributed by atoms with van der Waals surface area (Å²) in [7, 11) is 0. The molecule has 0 aliphatic carbocycles. The van der Waals surface area contributed by atoms with Crippen LogP contribution >= 0.6 is 11.3 Å². The summed E-state index contributed by atoms with van der Waals surface area (Å²) in [4.78, 5) is 28.1. The van der Waals surface area contributed by atoms with Gasteiger partial charge in [-0.05, 0) is 25.1 Å². The number of thiophene rings is 1. The standard InChI is InChI=1S/C23H21N5O2S/c24-10-5-11-27-12-16(14-6-1-3-8-17(14)27)21-20(22(25)29)26-23(30)28(21)18-13-31-19-9-4-2-7-15(18)19/h1-4,6-9,12-13H,5,10-11,24H2,(H2,25,29)(H,26,30). The number of primary amides is 1. The minimum absolute atomic E-state index is 0.0991. The van der Waals surface area contributed by atoms with Gasteiger partial charge in [-0.25, -0.2) is 4.79 Å². The third-order valence-electron chi connectivity index (χ3n) is 5.49. The maximum absolute atomic E-state index is 13.1. The first-order valence-electron chi connectivity index (χ1n) is 10.00. The van der Waals surface area contributed by atoms with E-state index in [-0.39, 0.29) is 5.69 Å². The molecular weight excluding hydrogens is 410 g/mol. The van der Waals surface area contributed by atoms with Crippen molar-refractivity contribution >= 4 is 38.2 Å². The number of H-pyrrole nitrogens is 1. The molecule has 31 heavy (non-hydrogen) atoms. The molecule has 0 fully saturated rings. The molecule has 3 heterocycles. The number of nitrogens with two attached hydrogens (primary N) is 2. The lowest BCUT2D eigenvalue weighted by atomic mass is 10.1. The Bertz CT molecular complexity index is 1490. The van der Waals surface area contributed by atoms with Gasteiger partial charge in [-0.1, -0.05) is 36.4 Å².